The van der Waals surface area contributed by atoms with Crippen LogP contribution in [0.3, 0.4) is 0 Å². The van der Waals surface area contributed by atoms with Crippen molar-refractivity contribution in [2.24, 2.45) is 0 Å². The van der Waals surface area contributed by atoms with Gasteiger partial charge in [-0.25, -0.2) is 9.67 Å². The first kappa shape index (κ1) is 19.9. The Morgan fingerprint density at radius 2 is 1.93 bits per heavy atom. The second-order valence-corrected chi connectivity index (χ2v) is 7.49. The molecule has 1 aliphatic heterocycles. The summed E-state index contributed by atoms with van der Waals surface area (Å²) < 4.78 is 7.09. The third kappa shape index (κ3) is 4.42. The summed E-state index contributed by atoms with van der Waals surface area (Å²) >= 11 is 0. The van der Waals surface area contributed by atoms with E-state index in [4.69, 9.17) is 4.42 Å². The highest BCUT2D eigenvalue weighted by molar-refractivity contribution is 5.92. The van der Waals surface area contributed by atoms with E-state index in [1.54, 1.807) is 18.0 Å². The van der Waals surface area contributed by atoms with Crippen molar-refractivity contribution in [3.8, 4) is 0 Å². The quantitative estimate of drug-likeness (QED) is 0.677. The van der Waals surface area contributed by atoms with E-state index in [0.29, 0.717) is 43.2 Å². The number of benzene rings is 1. The van der Waals surface area contributed by atoms with Gasteiger partial charge in [0.25, 0.3) is 5.91 Å². The van der Waals surface area contributed by atoms with Crippen molar-refractivity contribution in [1.29, 1.82) is 0 Å². The number of amides is 2. The molecule has 3 aromatic rings. The number of aromatic nitrogens is 3. The summed E-state index contributed by atoms with van der Waals surface area (Å²) in [6.07, 6.45) is 5.62. The van der Waals surface area contributed by atoms with Gasteiger partial charge in [-0.2, -0.15) is 5.10 Å². The Hall–Kier alpha value is -3.42. The fourth-order valence-electron chi connectivity index (χ4n) is 3.78. The zero-order valence-electron chi connectivity index (χ0n) is 17.0. The van der Waals surface area contributed by atoms with E-state index >= 15 is 0 Å². The molecule has 0 aliphatic carbocycles. The van der Waals surface area contributed by atoms with Gasteiger partial charge in [0, 0.05) is 25.6 Å². The van der Waals surface area contributed by atoms with Gasteiger partial charge >= 0.3 is 0 Å². The maximum atomic E-state index is 12.6. The Kier molecular flexibility index (Phi) is 5.92. The molecule has 2 aromatic heterocycles. The number of anilines is 1. The number of hydrogen-bond donors (Lipinski definition) is 1. The van der Waals surface area contributed by atoms with Gasteiger partial charge in [0.15, 0.2) is 6.39 Å². The molecule has 1 aromatic carbocycles. The van der Waals surface area contributed by atoms with E-state index in [2.05, 4.69) is 15.4 Å². The molecule has 2 amide bonds. The van der Waals surface area contributed by atoms with Gasteiger partial charge in [0.05, 0.1) is 17.9 Å². The van der Waals surface area contributed by atoms with Crippen LogP contribution in [0.1, 0.15) is 47.1 Å². The van der Waals surface area contributed by atoms with Gasteiger partial charge in [-0.15, -0.1) is 0 Å². The standard InChI is InChI=1S/C22H25N5O3/c1-16-21(30-15-23-16)22(29)26-13-10-18(11-14-26)27-19(9-12-24-27)25-20(28)8-7-17-5-3-2-4-6-17/h2-6,9,12,15,18H,7-8,10-11,13-14H2,1H3,(H,25,28). The van der Waals surface area contributed by atoms with E-state index in [0.717, 1.165) is 18.4 Å². The Balaban J connectivity index is 1.32. The smallest absolute Gasteiger partial charge is 0.291 e. The van der Waals surface area contributed by atoms with Crippen LogP contribution in [0.4, 0.5) is 5.82 Å². The fraction of sp³-hybridized carbons (Fsp3) is 0.364. The number of nitrogens with one attached hydrogen (secondary N) is 1. The molecule has 8 heteroatoms. The maximum absolute atomic E-state index is 12.6. The minimum absolute atomic E-state index is 0.0333. The first-order chi connectivity index (χ1) is 14.6. The number of aryl methyl sites for hydroxylation is 2. The van der Waals surface area contributed by atoms with Crippen LogP contribution in [-0.2, 0) is 11.2 Å². The van der Waals surface area contributed by atoms with E-state index in [1.165, 1.54) is 6.39 Å². The van der Waals surface area contributed by atoms with Gasteiger partial charge in [0.1, 0.15) is 5.82 Å². The average molecular weight is 407 g/mol. The van der Waals surface area contributed by atoms with Crippen molar-refractivity contribution < 1.29 is 14.0 Å². The van der Waals surface area contributed by atoms with Crippen molar-refractivity contribution in [3.05, 3.63) is 66.0 Å². The fourth-order valence-corrected chi connectivity index (χ4v) is 3.78. The number of hydrogen-bond acceptors (Lipinski definition) is 5. The van der Waals surface area contributed by atoms with Crippen LogP contribution in [0, 0.1) is 6.92 Å². The van der Waals surface area contributed by atoms with Gasteiger partial charge in [-0.1, -0.05) is 30.3 Å². The SMILES string of the molecule is Cc1ncoc1C(=O)N1CCC(n2nccc2NC(=O)CCc2ccccc2)CC1. The Morgan fingerprint density at radius 3 is 2.63 bits per heavy atom. The zero-order chi connectivity index (χ0) is 20.9. The van der Waals surface area contributed by atoms with E-state index in [1.807, 2.05) is 41.1 Å². The third-order valence-electron chi connectivity index (χ3n) is 5.46. The molecule has 0 bridgehead atoms. The Morgan fingerprint density at radius 1 is 1.17 bits per heavy atom. The molecule has 0 unspecified atom stereocenters. The van der Waals surface area contributed by atoms with Crippen LogP contribution in [0.15, 0.2) is 53.4 Å². The van der Waals surface area contributed by atoms with Gasteiger partial charge < -0.3 is 14.6 Å². The van der Waals surface area contributed by atoms with Crippen LogP contribution in [-0.4, -0.2) is 44.6 Å². The molecule has 1 N–H and O–H groups in total. The molecular formula is C22H25N5O3. The molecule has 156 valence electrons. The largest absolute Gasteiger partial charge is 0.438 e. The molecule has 1 fully saturated rings. The number of likely N-dealkylation sites (tertiary alicyclic amines) is 1. The van der Waals surface area contributed by atoms with Gasteiger partial charge in [-0.05, 0) is 31.7 Å². The molecule has 1 saturated heterocycles. The van der Waals surface area contributed by atoms with Crippen molar-refractivity contribution in [2.45, 2.75) is 38.6 Å². The highest BCUT2D eigenvalue weighted by Crippen LogP contribution is 2.26. The summed E-state index contributed by atoms with van der Waals surface area (Å²) in [6, 6.07) is 11.9. The summed E-state index contributed by atoms with van der Waals surface area (Å²) in [6.45, 7) is 2.97. The van der Waals surface area contributed by atoms with Crippen LogP contribution in [0.5, 0.6) is 0 Å². The number of carbonyl (C=O) groups excluding carboxylic acids is 2. The molecule has 1 aliphatic rings. The minimum atomic E-state index is -0.127. The molecule has 0 radical (unpaired) electrons. The number of oxazole rings is 1. The zero-order valence-corrected chi connectivity index (χ0v) is 17.0. The minimum Gasteiger partial charge on any atom is -0.438 e. The molecule has 4 rings (SSSR count). The molecule has 30 heavy (non-hydrogen) atoms. The number of nitrogens with zero attached hydrogens (tertiary/aromatic N) is 4. The number of carbonyl (C=O) groups is 2. The molecule has 8 nitrogen and oxygen atoms in total. The first-order valence-electron chi connectivity index (χ1n) is 10.2. The lowest BCUT2D eigenvalue weighted by Crippen LogP contribution is -2.39. The topological polar surface area (TPSA) is 93.3 Å². The normalized spacial score (nSPS) is 14.6. The highest BCUT2D eigenvalue weighted by atomic mass is 16.3. The monoisotopic (exact) mass is 407 g/mol. The van der Waals surface area contributed by atoms with Crippen LogP contribution in [0.2, 0.25) is 0 Å². The molecular weight excluding hydrogens is 382 g/mol. The number of rotatable bonds is 6. The Labute approximate surface area is 174 Å². The van der Waals surface area contributed by atoms with Crippen LogP contribution < -0.4 is 5.32 Å². The van der Waals surface area contributed by atoms with E-state index in [9.17, 15) is 9.59 Å². The third-order valence-corrected chi connectivity index (χ3v) is 5.46. The Bertz CT molecular complexity index is 1000. The lowest BCUT2D eigenvalue weighted by Gasteiger charge is -2.32. The predicted molar refractivity (Wildman–Crippen MR) is 111 cm³/mol. The van der Waals surface area contributed by atoms with Crippen molar-refractivity contribution in [3.63, 3.8) is 0 Å². The van der Waals surface area contributed by atoms with Crippen molar-refractivity contribution >= 4 is 17.6 Å². The summed E-state index contributed by atoms with van der Waals surface area (Å²) in [4.78, 5) is 30.8. The number of piperidine rings is 1. The second kappa shape index (κ2) is 8.94. The second-order valence-electron chi connectivity index (χ2n) is 7.49. The van der Waals surface area contributed by atoms with Crippen LogP contribution in [0.25, 0.3) is 0 Å². The van der Waals surface area contributed by atoms with Gasteiger partial charge in [-0.3, -0.25) is 9.59 Å². The lowest BCUT2D eigenvalue weighted by molar-refractivity contribution is -0.116. The lowest BCUT2D eigenvalue weighted by atomic mass is 10.0. The van der Waals surface area contributed by atoms with Crippen molar-refractivity contribution in [2.75, 3.05) is 18.4 Å². The average Bonchev–Trinajstić information content (AvgIpc) is 3.41. The maximum Gasteiger partial charge on any atom is 0.291 e. The van der Waals surface area contributed by atoms with Gasteiger partial charge in [0.2, 0.25) is 11.7 Å². The summed E-state index contributed by atoms with van der Waals surface area (Å²) in [5.74, 6) is 0.843. The highest BCUT2D eigenvalue weighted by Gasteiger charge is 2.28. The first-order valence-corrected chi connectivity index (χ1v) is 10.2. The van der Waals surface area contributed by atoms with E-state index in [-0.39, 0.29) is 17.9 Å². The summed E-state index contributed by atoms with van der Waals surface area (Å²) in [5, 5.41) is 7.39. The molecule has 0 saturated carbocycles. The summed E-state index contributed by atoms with van der Waals surface area (Å²) in [5.41, 5.74) is 1.75. The summed E-state index contributed by atoms with van der Waals surface area (Å²) in [7, 11) is 0. The van der Waals surface area contributed by atoms with Crippen molar-refractivity contribution in [1.82, 2.24) is 19.7 Å². The van der Waals surface area contributed by atoms with Crippen LogP contribution >= 0.6 is 0 Å². The molecule has 0 atom stereocenters. The van der Waals surface area contributed by atoms with E-state index < -0.39 is 0 Å². The molecule has 0 spiro atoms. The predicted octanol–water partition coefficient (Wildman–Crippen LogP) is 3.23. The molecule has 3 heterocycles.